The van der Waals surface area contributed by atoms with E-state index in [0.717, 1.165) is 16.0 Å². The summed E-state index contributed by atoms with van der Waals surface area (Å²) >= 11 is 18.6. The number of aryl methyl sites for hydroxylation is 2. The second-order valence-electron chi connectivity index (χ2n) is 8.40. The summed E-state index contributed by atoms with van der Waals surface area (Å²) in [5.74, 6) is -2.06. The number of anilines is 2. The largest absolute Gasteiger partial charge is 0.481 e. The number of carbonyl (C=O) groups is 4. The molecule has 2 N–H and O–H groups in total. The van der Waals surface area contributed by atoms with Gasteiger partial charge in [-0.15, -0.1) is 0 Å². The van der Waals surface area contributed by atoms with Crippen LogP contribution >= 0.6 is 34.8 Å². The summed E-state index contributed by atoms with van der Waals surface area (Å²) in [6, 6.07) is 13.6. The Morgan fingerprint density at radius 1 is 0.974 bits per heavy atom. The average Bonchev–Trinajstić information content (AvgIpc) is 2.84. The number of benzene rings is 3. The van der Waals surface area contributed by atoms with Crippen LogP contribution in [0.3, 0.4) is 0 Å². The first kappa shape index (κ1) is 27.2. The third-order valence-corrected chi connectivity index (χ3v) is 6.35. The maximum Gasteiger partial charge on any atom is 0.335 e. The van der Waals surface area contributed by atoms with Crippen LogP contribution in [0.2, 0.25) is 15.1 Å². The van der Waals surface area contributed by atoms with E-state index >= 15 is 0 Å². The summed E-state index contributed by atoms with van der Waals surface area (Å²) in [4.78, 5) is 51.1. The Kier molecular flexibility index (Phi) is 8.06. The minimum absolute atomic E-state index is 0.0539. The SMILES string of the molecule is Cc1ccc(C)c(NC(=O)COc2c(Cl)cc(/C=C3/C(=O)NC(=O)N(c4ccc(Cl)cc4)C3=O)cc2Cl)c1. The molecule has 5 amide bonds. The Hall–Kier alpha value is -3.85. The van der Waals surface area contributed by atoms with Gasteiger partial charge in [-0.25, -0.2) is 9.69 Å². The minimum atomic E-state index is -0.890. The molecular weight excluding hydrogens is 553 g/mol. The Balaban J connectivity index is 1.52. The molecule has 1 fully saturated rings. The van der Waals surface area contributed by atoms with Gasteiger partial charge in [0.25, 0.3) is 17.7 Å². The van der Waals surface area contributed by atoms with Gasteiger partial charge in [0.2, 0.25) is 0 Å². The molecule has 1 saturated heterocycles. The van der Waals surface area contributed by atoms with Gasteiger partial charge in [-0.05, 0) is 79.1 Å². The number of urea groups is 1. The molecular formula is C27H20Cl3N3O5. The molecule has 0 aliphatic carbocycles. The molecule has 1 aliphatic rings. The molecule has 0 bridgehead atoms. The number of hydrogen-bond donors (Lipinski definition) is 2. The van der Waals surface area contributed by atoms with Crippen molar-refractivity contribution in [2.24, 2.45) is 0 Å². The number of rotatable bonds is 6. The number of nitrogens with zero attached hydrogens (tertiary/aromatic N) is 1. The quantitative estimate of drug-likeness (QED) is 0.281. The fraction of sp³-hybridized carbons (Fsp3) is 0.111. The molecule has 0 unspecified atom stereocenters. The molecule has 0 spiro atoms. The first-order valence-electron chi connectivity index (χ1n) is 11.2. The van der Waals surface area contributed by atoms with Crippen LogP contribution in [-0.2, 0) is 14.4 Å². The zero-order valence-electron chi connectivity index (χ0n) is 20.1. The fourth-order valence-electron chi connectivity index (χ4n) is 3.64. The van der Waals surface area contributed by atoms with E-state index in [4.69, 9.17) is 39.5 Å². The first-order valence-corrected chi connectivity index (χ1v) is 12.3. The highest BCUT2D eigenvalue weighted by molar-refractivity contribution is 6.40. The number of halogens is 3. The lowest BCUT2D eigenvalue weighted by Crippen LogP contribution is -2.54. The van der Waals surface area contributed by atoms with Gasteiger partial charge in [-0.1, -0.05) is 46.9 Å². The van der Waals surface area contributed by atoms with E-state index in [1.54, 1.807) is 0 Å². The standard InChI is InChI=1S/C27H20Cl3N3O5/c1-14-3-4-15(2)22(9-14)31-23(34)13-38-24-20(29)11-16(12-21(24)30)10-19-25(35)32-27(37)33(26(19)36)18-7-5-17(28)6-8-18/h3-12H,13H2,1-2H3,(H,31,34)(H,32,35,37)/b19-10-. The number of carbonyl (C=O) groups excluding carboxylic acids is 4. The predicted octanol–water partition coefficient (Wildman–Crippen LogP) is 5.95. The van der Waals surface area contributed by atoms with Crippen LogP contribution in [0, 0.1) is 13.8 Å². The summed E-state index contributed by atoms with van der Waals surface area (Å²) in [6.07, 6.45) is 1.25. The molecule has 1 aliphatic heterocycles. The van der Waals surface area contributed by atoms with Crippen molar-refractivity contribution in [1.82, 2.24) is 5.32 Å². The van der Waals surface area contributed by atoms with Gasteiger partial charge >= 0.3 is 6.03 Å². The van der Waals surface area contributed by atoms with Crippen molar-refractivity contribution >= 4 is 76.0 Å². The monoisotopic (exact) mass is 571 g/mol. The Morgan fingerprint density at radius 3 is 2.29 bits per heavy atom. The number of ether oxygens (including phenoxy) is 1. The van der Waals surface area contributed by atoms with Crippen molar-refractivity contribution in [3.05, 3.63) is 91.9 Å². The van der Waals surface area contributed by atoms with E-state index in [0.29, 0.717) is 16.3 Å². The van der Waals surface area contributed by atoms with E-state index < -0.39 is 23.8 Å². The van der Waals surface area contributed by atoms with Gasteiger partial charge in [-0.3, -0.25) is 19.7 Å². The van der Waals surface area contributed by atoms with Crippen LogP contribution in [0.15, 0.2) is 60.2 Å². The van der Waals surface area contributed by atoms with Crippen LogP contribution in [0.1, 0.15) is 16.7 Å². The fourth-order valence-corrected chi connectivity index (χ4v) is 4.38. The maximum absolute atomic E-state index is 13.1. The van der Waals surface area contributed by atoms with Gasteiger partial charge in [0.15, 0.2) is 12.4 Å². The van der Waals surface area contributed by atoms with E-state index in [1.807, 2.05) is 32.0 Å². The summed E-state index contributed by atoms with van der Waals surface area (Å²) < 4.78 is 5.55. The third-order valence-electron chi connectivity index (χ3n) is 5.53. The molecule has 3 aromatic rings. The average molecular weight is 573 g/mol. The second-order valence-corrected chi connectivity index (χ2v) is 9.65. The number of amides is 5. The minimum Gasteiger partial charge on any atom is -0.481 e. The Bertz CT molecular complexity index is 1480. The van der Waals surface area contributed by atoms with Gasteiger partial charge in [0.1, 0.15) is 5.57 Å². The zero-order chi connectivity index (χ0) is 27.6. The van der Waals surface area contributed by atoms with Gasteiger partial charge < -0.3 is 10.1 Å². The van der Waals surface area contributed by atoms with Gasteiger partial charge in [0, 0.05) is 10.7 Å². The second kappa shape index (κ2) is 11.3. The molecule has 0 radical (unpaired) electrons. The van der Waals surface area contributed by atoms with Crippen LogP contribution in [0.25, 0.3) is 6.08 Å². The number of nitrogens with one attached hydrogen (secondary N) is 2. The number of barbiturate groups is 1. The Morgan fingerprint density at radius 2 is 1.63 bits per heavy atom. The molecule has 4 rings (SSSR count). The molecule has 3 aromatic carbocycles. The molecule has 0 aromatic heterocycles. The van der Waals surface area contributed by atoms with E-state index in [-0.39, 0.29) is 33.7 Å². The normalized spacial score (nSPS) is 14.5. The zero-order valence-corrected chi connectivity index (χ0v) is 22.4. The van der Waals surface area contributed by atoms with Crippen molar-refractivity contribution in [1.29, 1.82) is 0 Å². The lowest BCUT2D eigenvalue weighted by molar-refractivity contribution is -0.122. The molecule has 38 heavy (non-hydrogen) atoms. The lowest BCUT2D eigenvalue weighted by atomic mass is 10.1. The molecule has 194 valence electrons. The molecule has 8 nitrogen and oxygen atoms in total. The van der Waals surface area contributed by atoms with Gasteiger partial charge in [-0.2, -0.15) is 0 Å². The van der Waals surface area contributed by atoms with E-state index in [1.165, 1.54) is 42.5 Å². The van der Waals surface area contributed by atoms with Gasteiger partial charge in [0.05, 0.1) is 15.7 Å². The van der Waals surface area contributed by atoms with Crippen LogP contribution < -0.4 is 20.3 Å². The predicted molar refractivity (Wildman–Crippen MR) is 147 cm³/mol. The third kappa shape index (κ3) is 5.99. The summed E-state index contributed by atoms with van der Waals surface area (Å²) in [5, 5.41) is 5.44. The highest BCUT2D eigenvalue weighted by Crippen LogP contribution is 2.35. The van der Waals surface area contributed by atoms with Crippen LogP contribution in [0.4, 0.5) is 16.2 Å². The van der Waals surface area contributed by atoms with Crippen molar-refractivity contribution in [3.8, 4) is 5.75 Å². The summed E-state index contributed by atoms with van der Waals surface area (Å²) in [5.41, 5.74) is 2.78. The van der Waals surface area contributed by atoms with E-state index in [9.17, 15) is 19.2 Å². The van der Waals surface area contributed by atoms with Crippen molar-refractivity contribution in [2.75, 3.05) is 16.8 Å². The van der Waals surface area contributed by atoms with Crippen molar-refractivity contribution in [3.63, 3.8) is 0 Å². The summed E-state index contributed by atoms with van der Waals surface area (Å²) in [7, 11) is 0. The Labute approximate surface area is 233 Å². The lowest BCUT2D eigenvalue weighted by Gasteiger charge is -2.26. The van der Waals surface area contributed by atoms with Crippen LogP contribution in [0.5, 0.6) is 5.75 Å². The van der Waals surface area contributed by atoms with Crippen LogP contribution in [-0.4, -0.2) is 30.4 Å². The number of hydrogen-bond acceptors (Lipinski definition) is 5. The molecule has 11 heteroatoms. The van der Waals surface area contributed by atoms with Crippen molar-refractivity contribution in [2.45, 2.75) is 13.8 Å². The molecule has 1 heterocycles. The highest BCUT2D eigenvalue weighted by atomic mass is 35.5. The van der Waals surface area contributed by atoms with E-state index in [2.05, 4.69) is 10.6 Å². The first-order chi connectivity index (χ1) is 18.0. The summed E-state index contributed by atoms with van der Waals surface area (Å²) in [6.45, 7) is 3.44. The molecule has 0 atom stereocenters. The maximum atomic E-state index is 13.1. The smallest absolute Gasteiger partial charge is 0.335 e. The topological polar surface area (TPSA) is 105 Å². The molecule has 0 saturated carbocycles. The highest BCUT2D eigenvalue weighted by Gasteiger charge is 2.36. The number of imide groups is 2. The van der Waals surface area contributed by atoms with Crippen molar-refractivity contribution < 1.29 is 23.9 Å².